The fraction of sp³-hybridized carbons (Fsp3) is 0.167. The predicted molar refractivity (Wildman–Crippen MR) is 58.3 cm³/mol. The molecule has 0 nitrogen and oxygen atoms in total. The van der Waals surface area contributed by atoms with Gasteiger partial charge in [0.05, 0.1) is 5.57 Å². The van der Waals surface area contributed by atoms with E-state index in [0.717, 1.165) is 0 Å². The van der Waals surface area contributed by atoms with Crippen molar-refractivity contribution in [1.82, 2.24) is 0 Å². The van der Waals surface area contributed by atoms with E-state index in [1.807, 2.05) is 0 Å². The molecule has 2 unspecified atom stereocenters. The Morgan fingerprint density at radius 2 is 1.61 bits per heavy atom. The van der Waals surface area contributed by atoms with E-state index in [1.54, 1.807) is 6.07 Å². The summed E-state index contributed by atoms with van der Waals surface area (Å²) in [4.78, 5) is 0. The van der Waals surface area contributed by atoms with Crippen LogP contribution in [0.15, 0.2) is 47.8 Å². The molecular formula is C12H6ClF5. The average molecular weight is 281 g/mol. The van der Waals surface area contributed by atoms with E-state index in [1.165, 1.54) is 24.3 Å². The highest BCUT2D eigenvalue weighted by molar-refractivity contribution is 6.25. The fourth-order valence-electron chi connectivity index (χ4n) is 1.63. The van der Waals surface area contributed by atoms with Crippen LogP contribution in [0.3, 0.4) is 0 Å². The second kappa shape index (κ2) is 4.39. The van der Waals surface area contributed by atoms with E-state index in [9.17, 15) is 22.0 Å². The summed E-state index contributed by atoms with van der Waals surface area (Å²) in [5.74, 6) is -5.75. The maximum absolute atomic E-state index is 13.6. The van der Waals surface area contributed by atoms with Gasteiger partial charge in [0.15, 0.2) is 17.5 Å². The van der Waals surface area contributed by atoms with Crippen molar-refractivity contribution >= 4 is 17.2 Å². The summed E-state index contributed by atoms with van der Waals surface area (Å²) in [6.07, 6.45) is -3.09. The largest absolute Gasteiger partial charge is 0.275 e. The quantitative estimate of drug-likeness (QED) is 0.513. The Morgan fingerprint density at radius 1 is 1.06 bits per heavy atom. The van der Waals surface area contributed by atoms with Gasteiger partial charge in [0, 0.05) is 0 Å². The second-order valence-corrected chi connectivity index (χ2v) is 4.25. The van der Waals surface area contributed by atoms with E-state index in [4.69, 9.17) is 11.6 Å². The van der Waals surface area contributed by atoms with E-state index >= 15 is 0 Å². The van der Waals surface area contributed by atoms with Crippen LogP contribution in [0.1, 0.15) is 5.56 Å². The summed E-state index contributed by atoms with van der Waals surface area (Å²) in [6.45, 7) is 0. The van der Waals surface area contributed by atoms with Gasteiger partial charge < -0.3 is 0 Å². The van der Waals surface area contributed by atoms with Gasteiger partial charge in [-0.3, -0.25) is 0 Å². The van der Waals surface area contributed by atoms with Crippen molar-refractivity contribution in [2.45, 2.75) is 11.3 Å². The first-order valence-corrected chi connectivity index (χ1v) is 5.28. The summed E-state index contributed by atoms with van der Waals surface area (Å²) in [5.41, 5.74) is -1.05. The average Bonchev–Trinajstić information content (AvgIpc) is 2.36. The molecule has 0 fully saturated rings. The molecule has 18 heavy (non-hydrogen) atoms. The van der Waals surface area contributed by atoms with Crippen molar-refractivity contribution < 1.29 is 22.0 Å². The smallest absolute Gasteiger partial charge is 0.234 e. The first kappa shape index (κ1) is 13.1. The van der Waals surface area contributed by atoms with Crippen LogP contribution < -0.4 is 0 Å². The second-order valence-electron chi connectivity index (χ2n) is 3.70. The van der Waals surface area contributed by atoms with Crippen LogP contribution >= 0.6 is 11.6 Å². The summed E-state index contributed by atoms with van der Waals surface area (Å²) < 4.78 is 67.0. The molecule has 96 valence electrons. The highest BCUT2D eigenvalue weighted by Crippen LogP contribution is 2.48. The molecule has 1 aliphatic rings. The topological polar surface area (TPSA) is 0 Å². The van der Waals surface area contributed by atoms with E-state index < -0.39 is 34.4 Å². The molecule has 0 spiro atoms. The third-order valence-electron chi connectivity index (χ3n) is 2.55. The van der Waals surface area contributed by atoms with Crippen molar-refractivity contribution in [3.63, 3.8) is 0 Å². The van der Waals surface area contributed by atoms with Gasteiger partial charge in [-0.25, -0.2) is 22.0 Å². The summed E-state index contributed by atoms with van der Waals surface area (Å²) in [7, 11) is 0. The molecule has 0 bridgehead atoms. The number of alkyl halides is 3. The Morgan fingerprint density at radius 3 is 2.17 bits per heavy atom. The summed E-state index contributed by atoms with van der Waals surface area (Å²) in [5, 5.41) is -3.84. The molecule has 0 aliphatic heterocycles. The summed E-state index contributed by atoms with van der Waals surface area (Å²) in [6, 6.07) is 6.89. The minimum Gasteiger partial charge on any atom is -0.234 e. The van der Waals surface area contributed by atoms with Crippen LogP contribution in [0, 0.1) is 0 Å². The fourth-order valence-corrected chi connectivity index (χ4v) is 1.81. The number of benzene rings is 1. The van der Waals surface area contributed by atoms with E-state index in [0.29, 0.717) is 0 Å². The third kappa shape index (κ3) is 1.82. The lowest BCUT2D eigenvalue weighted by molar-refractivity contribution is 0.135. The Balaban J connectivity index is 2.65. The lowest BCUT2D eigenvalue weighted by atomic mass is 9.94. The van der Waals surface area contributed by atoms with Gasteiger partial charge in [-0.1, -0.05) is 41.9 Å². The predicted octanol–water partition coefficient (Wildman–Crippen LogP) is 4.77. The van der Waals surface area contributed by atoms with Crippen molar-refractivity contribution in [1.29, 1.82) is 0 Å². The highest BCUT2D eigenvalue weighted by Gasteiger charge is 2.52. The number of halogens is 6. The van der Waals surface area contributed by atoms with Crippen LogP contribution in [0.25, 0.3) is 5.57 Å². The minimum absolute atomic E-state index is 0.0996. The van der Waals surface area contributed by atoms with Crippen LogP contribution in [-0.2, 0) is 0 Å². The van der Waals surface area contributed by atoms with Gasteiger partial charge in [-0.15, -0.1) is 0 Å². The molecular weight excluding hydrogens is 275 g/mol. The zero-order valence-electron chi connectivity index (χ0n) is 8.73. The molecule has 0 saturated carbocycles. The normalized spacial score (nSPS) is 28.9. The van der Waals surface area contributed by atoms with Gasteiger partial charge in [0.25, 0.3) is 5.13 Å². The Bertz CT molecular complexity index is 533. The Kier molecular flexibility index (Phi) is 3.19. The first-order valence-electron chi connectivity index (χ1n) is 4.90. The van der Waals surface area contributed by atoms with Crippen LogP contribution in [0.5, 0.6) is 0 Å². The number of hydrogen-bond acceptors (Lipinski definition) is 0. The van der Waals surface area contributed by atoms with E-state index in [2.05, 4.69) is 0 Å². The number of hydrogen-bond donors (Lipinski definition) is 0. The minimum atomic E-state index is -3.84. The van der Waals surface area contributed by atoms with Crippen molar-refractivity contribution in [2.24, 2.45) is 0 Å². The molecule has 1 aliphatic carbocycles. The molecule has 0 heterocycles. The van der Waals surface area contributed by atoms with Gasteiger partial charge in [-0.2, -0.15) is 0 Å². The third-order valence-corrected chi connectivity index (χ3v) is 2.90. The zero-order chi connectivity index (χ0) is 13.5. The molecule has 0 aromatic heterocycles. The van der Waals surface area contributed by atoms with Gasteiger partial charge in [0.2, 0.25) is 6.17 Å². The molecule has 1 aromatic carbocycles. The molecule has 6 heteroatoms. The number of allylic oxidation sites excluding steroid dienone is 4. The summed E-state index contributed by atoms with van der Waals surface area (Å²) >= 11 is 4.83. The molecule has 1 aromatic rings. The molecule has 0 amide bonds. The van der Waals surface area contributed by atoms with E-state index in [-0.39, 0.29) is 5.56 Å². The maximum atomic E-state index is 13.6. The van der Waals surface area contributed by atoms with Crippen molar-refractivity contribution in [2.75, 3.05) is 0 Å². The van der Waals surface area contributed by atoms with Crippen LogP contribution in [0.2, 0.25) is 0 Å². The Labute approximate surface area is 104 Å². The molecule has 0 radical (unpaired) electrons. The molecule has 0 saturated heterocycles. The van der Waals surface area contributed by atoms with Gasteiger partial charge >= 0.3 is 0 Å². The van der Waals surface area contributed by atoms with Gasteiger partial charge in [-0.05, 0) is 5.56 Å². The first-order chi connectivity index (χ1) is 8.37. The van der Waals surface area contributed by atoms with Crippen molar-refractivity contribution in [3.05, 3.63) is 53.4 Å². The lowest BCUT2D eigenvalue weighted by Crippen LogP contribution is -2.34. The Hall–Kier alpha value is -1.36. The monoisotopic (exact) mass is 280 g/mol. The lowest BCUT2D eigenvalue weighted by Gasteiger charge is -2.26. The standard InChI is InChI=1S/C12H6ClF5/c13-12(18)10(16)8(14)7(9(15)11(12)17)6-4-2-1-3-5-6/h1-5,10H. The van der Waals surface area contributed by atoms with Crippen LogP contribution in [0.4, 0.5) is 22.0 Å². The molecule has 2 atom stereocenters. The number of rotatable bonds is 1. The SMILES string of the molecule is FC1=C(F)C(F)(Cl)C(F)C(F)=C1c1ccccc1. The zero-order valence-corrected chi connectivity index (χ0v) is 9.49. The highest BCUT2D eigenvalue weighted by atomic mass is 35.5. The molecule has 2 rings (SSSR count). The van der Waals surface area contributed by atoms with Crippen molar-refractivity contribution in [3.8, 4) is 0 Å². The van der Waals surface area contributed by atoms with Gasteiger partial charge in [0.1, 0.15) is 0 Å². The van der Waals surface area contributed by atoms with Crippen LogP contribution in [-0.4, -0.2) is 11.3 Å². The molecule has 0 N–H and O–H groups in total. The maximum Gasteiger partial charge on any atom is 0.275 e.